The van der Waals surface area contributed by atoms with Crippen LogP contribution in [0.1, 0.15) is 71.5 Å². The number of nitrogens with one attached hydrogen (secondary N) is 2. The first kappa shape index (κ1) is 20.1. The van der Waals surface area contributed by atoms with Crippen LogP contribution in [0.3, 0.4) is 0 Å². The first-order valence-electron chi connectivity index (χ1n) is 10.1. The highest BCUT2D eigenvalue weighted by molar-refractivity contribution is 5.63. The predicted octanol–water partition coefficient (Wildman–Crippen LogP) is 4.02. The smallest absolute Gasteiger partial charge is 0.0958 e. The molecule has 0 aliphatic carbocycles. The van der Waals surface area contributed by atoms with Gasteiger partial charge in [0.25, 0.3) is 0 Å². The van der Waals surface area contributed by atoms with Crippen LogP contribution in [0.5, 0.6) is 0 Å². The Morgan fingerprint density at radius 2 is 1.78 bits per heavy atom. The van der Waals surface area contributed by atoms with Gasteiger partial charge in [0.15, 0.2) is 0 Å². The van der Waals surface area contributed by atoms with Gasteiger partial charge in [0, 0.05) is 29.6 Å². The Morgan fingerprint density at radius 3 is 2.37 bits per heavy atom. The van der Waals surface area contributed by atoms with Crippen LogP contribution < -0.4 is 10.9 Å². The van der Waals surface area contributed by atoms with Crippen molar-refractivity contribution in [2.45, 2.75) is 83.5 Å². The van der Waals surface area contributed by atoms with Crippen molar-refractivity contribution in [3.63, 3.8) is 0 Å². The zero-order chi connectivity index (χ0) is 19.6. The summed E-state index contributed by atoms with van der Waals surface area (Å²) in [6, 6.07) is 11.5. The van der Waals surface area contributed by atoms with Crippen molar-refractivity contribution in [2.75, 3.05) is 0 Å². The molecule has 5 heteroatoms. The lowest BCUT2D eigenvalue weighted by Gasteiger charge is -2.26. The van der Waals surface area contributed by atoms with Gasteiger partial charge >= 0.3 is 0 Å². The van der Waals surface area contributed by atoms with Gasteiger partial charge in [0.2, 0.25) is 0 Å². The van der Waals surface area contributed by atoms with Gasteiger partial charge in [-0.05, 0) is 53.9 Å². The van der Waals surface area contributed by atoms with Crippen molar-refractivity contribution in [2.24, 2.45) is 0 Å². The molecule has 0 spiro atoms. The minimum Gasteiger partial charge on any atom is -0.390 e. The van der Waals surface area contributed by atoms with E-state index in [0.717, 1.165) is 25.0 Å². The molecule has 3 atom stereocenters. The molecule has 1 aliphatic rings. The molecular weight excluding hydrogens is 336 g/mol. The topological polar surface area (TPSA) is 62.1 Å². The van der Waals surface area contributed by atoms with Crippen molar-refractivity contribution in [1.82, 2.24) is 20.4 Å². The highest BCUT2D eigenvalue weighted by Gasteiger charge is 2.36. The Hall–Kier alpha value is -1.69. The molecule has 0 bridgehead atoms. The maximum Gasteiger partial charge on any atom is 0.0958 e. The van der Waals surface area contributed by atoms with E-state index in [1.54, 1.807) is 0 Å². The average Bonchev–Trinajstić information content (AvgIpc) is 3.17. The summed E-state index contributed by atoms with van der Waals surface area (Å²) in [6.45, 7) is 10.5. The summed E-state index contributed by atoms with van der Waals surface area (Å²) in [5, 5.41) is 10.0. The molecule has 1 aliphatic heterocycles. The minimum atomic E-state index is -0.602. The van der Waals surface area contributed by atoms with E-state index in [-0.39, 0.29) is 0 Å². The lowest BCUT2D eigenvalue weighted by atomic mass is 9.89. The summed E-state index contributed by atoms with van der Waals surface area (Å²) >= 11 is 0. The third-order valence-electron chi connectivity index (χ3n) is 5.70. The van der Waals surface area contributed by atoms with Crippen LogP contribution in [0.2, 0.25) is 0 Å². The third kappa shape index (κ3) is 4.60. The summed E-state index contributed by atoms with van der Waals surface area (Å²) in [6.07, 6.45) is 4.84. The molecule has 1 fully saturated rings. The van der Waals surface area contributed by atoms with Crippen LogP contribution in [0.15, 0.2) is 36.7 Å². The molecule has 27 heavy (non-hydrogen) atoms. The molecule has 3 unspecified atom stereocenters. The molecule has 1 aromatic heterocycles. The fourth-order valence-electron chi connectivity index (χ4n) is 4.19. The Morgan fingerprint density at radius 1 is 1.15 bits per heavy atom. The van der Waals surface area contributed by atoms with Crippen LogP contribution in [0.4, 0.5) is 0 Å². The molecule has 2 aromatic rings. The van der Waals surface area contributed by atoms with E-state index in [4.69, 9.17) is 4.98 Å². The number of nitrogens with zero attached hydrogens (tertiary/aromatic N) is 2. The zero-order valence-corrected chi connectivity index (χ0v) is 17.2. The van der Waals surface area contributed by atoms with Crippen LogP contribution >= 0.6 is 0 Å². The number of aromatic nitrogens is 2. The monoisotopic (exact) mass is 370 g/mol. The first-order chi connectivity index (χ1) is 12.8. The molecule has 1 aromatic carbocycles. The largest absolute Gasteiger partial charge is 0.390 e. The molecule has 0 amide bonds. The van der Waals surface area contributed by atoms with Crippen LogP contribution in [-0.2, 0) is 0 Å². The second-order valence-corrected chi connectivity index (χ2v) is 8.70. The molecule has 1 saturated heterocycles. The lowest BCUT2D eigenvalue weighted by Crippen LogP contribution is -2.30. The van der Waals surface area contributed by atoms with E-state index in [9.17, 15) is 5.11 Å². The molecule has 148 valence electrons. The van der Waals surface area contributed by atoms with E-state index in [1.165, 1.54) is 11.3 Å². The Kier molecular flexibility index (Phi) is 6.04. The van der Waals surface area contributed by atoms with E-state index in [2.05, 4.69) is 60.5 Å². The summed E-state index contributed by atoms with van der Waals surface area (Å²) < 4.78 is 2.36. The van der Waals surface area contributed by atoms with E-state index in [1.807, 2.05) is 26.2 Å². The summed E-state index contributed by atoms with van der Waals surface area (Å²) in [5.74, 6) is 0.347. The quantitative estimate of drug-likeness (QED) is 0.689. The van der Waals surface area contributed by atoms with Gasteiger partial charge in [0.1, 0.15) is 0 Å². The van der Waals surface area contributed by atoms with Crippen molar-refractivity contribution in [3.05, 3.63) is 42.4 Å². The average molecular weight is 371 g/mol. The van der Waals surface area contributed by atoms with Crippen molar-refractivity contribution >= 4 is 0 Å². The van der Waals surface area contributed by atoms with Gasteiger partial charge in [0.05, 0.1) is 23.3 Å². The Bertz CT molecular complexity index is 725. The van der Waals surface area contributed by atoms with E-state index in [0.29, 0.717) is 24.0 Å². The number of aliphatic hydroxyl groups is 1. The lowest BCUT2D eigenvalue weighted by molar-refractivity contribution is 0.0671. The maximum atomic E-state index is 10.0. The van der Waals surface area contributed by atoms with Crippen molar-refractivity contribution in [3.8, 4) is 11.3 Å². The summed E-state index contributed by atoms with van der Waals surface area (Å²) in [7, 11) is 0. The number of hydrazine groups is 1. The normalized spacial score (nSPS) is 24.3. The van der Waals surface area contributed by atoms with Gasteiger partial charge in [-0.15, -0.1) is 0 Å². The van der Waals surface area contributed by atoms with Gasteiger partial charge in [-0.3, -0.25) is 10.9 Å². The Labute approximate surface area is 163 Å². The van der Waals surface area contributed by atoms with Gasteiger partial charge < -0.3 is 9.67 Å². The van der Waals surface area contributed by atoms with Gasteiger partial charge in [-0.2, -0.15) is 0 Å². The third-order valence-corrected chi connectivity index (χ3v) is 5.70. The number of hydrogen-bond donors (Lipinski definition) is 3. The first-order valence-corrected chi connectivity index (χ1v) is 10.1. The highest BCUT2D eigenvalue weighted by atomic mass is 16.3. The SMILES string of the molecule is CC1NNC(C)C1c1c(-c2ccccc2)ncn1C(C)CCCC(C)(C)O. The standard InChI is InChI=1S/C22H34N4O/c1-15(10-9-13-22(4,5)27)26-14-23-20(18-11-7-6-8-12-18)21(26)19-16(2)24-25-17(19)3/h6-8,11-12,14-17,19,24-25,27H,9-10,13H2,1-5H3. The zero-order valence-electron chi connectivity index (χ0n) is 17.2. The number of hydrogen-bond acceptors (Lipinski definition) is 4. The van der Waals surface area contributed by atoms with E-state index < -0.39 is 5.60 Å². The number of rotatable bonds is 7. The molecule has 0 radical (unpaired) electrons. The van der Waals surface area contributed by atoms with Gasteiger partial charge in [-0.25, -0.2) is 4.98 Å². The fourth-order valence-corrected chi connectivity index (χ4v) is 4.19. The minimum absolute atomic E-state index is 0.335. The molecule has 5 nitrogen and oxygen atoms in total. The number of benzene rings is 1. The molecule has 0 saturated carbocycles. The second kappa shape index (κ2) is 8.13. The number of imidazole rings is 1. The Balaban J connectivity index is 1.93. The fraction of sp³-hybridized carbons (Fsp3) is 0.591. The summed E-state index contributed by atoms with van der Waals surface area (Å²) in [4.78, 5) is 4.84. The maximum absolute atomic E-state index is 10.0. The molecule has 3 rings (SSSR count). The molecule has 2 heterocycles. The van der Waals surface area contributed by atoms with Crippen LogP contribution in [0, 0.1) is 0 Å². The predicted molar refractivity (Wildman–Crippen MR) is 110 cm³/mol. The van der Waals surface area contributed by atoms with Crippen molar-refractivity contribution in [1.29, 1.82) is 0 Å². The van der Waals surface area contributed by atoms with Crippen molar-refractivity contribution < 1.29 is 5.11 Å². The van der Waals surface area contributed by atoms with Crippen LogP contribution in [0.25, 0.3) is 11.3 Å². The molecule has 3 N–H and O–H groups in total. The van der Waals surface area contributed by atoms with E-state index >= 15 is 0 Å². The second-order valence-electron chi connectivity index (χ2n) is 8.70. The summed E-state index contributed by atoms with van der Waals surface area (Å²) in [5.41, 5.74) is 9.73. The molecular formula is C22H34N4O. The highest BCUT2D eigenvalue weighted by Crippen LogP contribution is 2.36. The van der Waals surface area contributed by atoms with Crippen LogP contribution in [-0.4, -0.2) is 32.3 Å². The van der Waals surface area contributed by atoms with Gasteiger partial charge in [-0.1, -0.05) is 30.3 Å².